The molecule has 0 unspecified atom stereocenters. The van der Waals surface area contributed by atoms with E-state index in [1.54, 1.807) is 24.3 Å². The summed E-state index contributed by atoms with van der Waals surface area (Å²) in [6.07, 6.45) is 2.50. The summed E-state index contributed by atoms with van der Waals surface area (Å²) in [4.78, 5) is 8.00. The van der Waals surface area contributed by atoms with Gasteiger partial charge >= 0.3 is 0 Å². The topological polar surface area (TPSA) is 107 Å². The third kappa shape index (κ3) is 14.5. The van der Waals surface area contributed by atoms with Crippen LogP contribution in [0.4, 0.5) is 0 Å². The molecule has 0 aliphatic heterocycles. The maximum atomic E-state index is 10.5. The molecule has 0 radical (unpaired) electrons. The lowest BCUT2D eigenvalue weighted by molar-refractivity contribution is -0.0979. The van der Waals surface area contributed by atoms with Crippen LogP contribution in [0.3, 0.4) is 0 Å². The summed E-state index contributed by atoms with van der Waals surface area (Å²) in [6.45, 7) is 4.00. The molecule has 110 valence electrons. The van der Waals surface area contributed by atoms with Crippen LogP contribution < -0.4 is 5.90 Å². The lowest BCUT2D eigenvalue weighted by atomic mass is 10.3. The highest BCUT2D eigenvalue weighted by Gasteiger charge is 2.06. The molecule has 0 aliphatic carbocycles. The van der Waals surface area contributed by atoms with Crippen LogP contribution in [0.5, 0.6) is 5.75 Å². The first-order valence-corrected chi connectivity index (χ1v) is 7.23. The Balaban J connectivity index is 0. The lowest BCUT2D eigenvalue weighted by Gasteiger charge is -1.97. The van der Waals surface area contributed by atoms with Crippen LogP contribution in [0.15, 0.2) is 30.3 Å². The minimum Gasteiger partial charge on any atom is -0.508 e. The van der Waals surface area contributed by atoms with Gasteiger partial charge in [0.1, 0.15) is 12.5 Å². The Morgan fingerprint density at radius 3 is 2.05 bits per heavy atom. The molecule has 6 nitrogen and oxygen atoms in total. The standard InChI is InChI=1S/C6H6O.C5H13NO3S.CH2O/c7-6-4-2-1-3-5-6;1-2-3-4-5-10(7,8)9-6;1-2/h1-5,7H;2-6H2,1H3;1H2. The van der Waals surface area contributed by atoms with Crippen molar-refractivity contribution in [1.29, 1.82) is 0 Å². The molecule has 0 amide bonds. The smallest absolute Gasteiger partial charge is 0.283 e. The summed E-state index contributed by atoms with van der Waals surface area (Å²) < 4.78 is 24.8. The summed E-state index contributed by atoms with van der Waals surface area (Å²) in [6, 6.07) is 8.71. The van der Waals surface area contributed by atoms with Crippen molar-refractivity contribution in [2.75, 3.05) is 5.75 Å². The number of phenols is 1. The number of aromatic hydroxyl groups is 1. The molecule has 0 fully saturated rings. The number of unbranched alkanes of at least 4 members (excludes halogenated alkanes) is 2. The van der Waals surface area contributed by atoms with Crippen LogP contribution in [-0.2, 0) is 19.2 Å². The van der Waals surface area contributed by atoms with Crippen LogP contribution in [0.25, 0.3) is 0 Å². The van der Waals surface area contributed by atoms with Gasteiger partial charge in [0.15, 0.2) is 0 Å². The molecule has 0 saturated heterocycles. The molecule has 1 aromatic rings. The zero-order valence-electron chi connectivity index (χ0n) is 11.0. The molecule has 0 aromatic heterocycles. The summed E-state index contributed by atoms with van der Waals surface area (Å²) in [5.41, 5.74) is 0. The largest absolute Gasteiger partial charge is 0.508 e. The maximum Gasteiger partial charge on any atom is 0.283 e. The van der Waals surface area contributed by atoms with E-state index in [-0.39, 0.29) is 5.75 Å². The van der Waals surface area contributed by atoms with Crippen molar-refractivity contribution in [3.8, 4) is 5.75 Å². The molecule has 3 N–H and O–H groups in total. The van der Waals surface area contributed by atoms with Gasteiger partial charge < -0.3 is 9.90 Å². The highest BCUT2D eigenvalue weighted by Crippen LogP contribution is 2.02. The number of carbonyl (C=O) groups is 1. The highest BCUT2D eigenvalue weighted by atomic mass is 32.2. The van der Waals surface area contributed by atoms with E-state index >= 15 is 0 Å². The fourth-order valence-electron chi connectivity index (χ4n) is 1.00. The Bertz CT molecular complexity index is 394. The molecule has 1 aromatic carbocycles. The summed E-state index contributed by atoms with van der Waals surface area (Å²) in [5, 5.41) is 8.63. The van der Waals surface area contributed by atoms with Crippen molar-refractivity contribution in [3.05, 3.63) is 30.3 Å². The second-order valence-electron chi connectivity index (χ2n) is 3.40. The van der Waals surface area contributed by atoms with Gasteiger partial charge in [0, 0.05) is 0 Å². The van der Waals surface area contributed by atoms with Crippen molar-refractivity contribution in [3.63, 3.8) is 0 Å². The number of carbonyl (C=O) groups excluding carboxylic acids is 1. The first-order valence-electron chi connectivity index (χ1n) is 5.65. The monoisotopic (exact) mass is 291 g/mol. The number of hydrogen-bond acceptors (Lipinski definition) is 6. The number of phenolic OH excluding ortho intramolecular Hbond substituents is 1. The average Bonchev–Trinajstić information content (AvgIpc) is 2.43. The Morgan fingerprint density at radius 1 is 1.21 bits per heavy atom. The predicted molar refractivity (Wildman–Crippen MR) is 73.8 cm³/mol. The Hall–Kier alpha value is -1.44. The number of rotatable bonds is 5. The van der Waals surface area contributed by atoms with Crippen molar-refractivity contribution in [2.45, 2.75) is 26.2 Å². The van der Waals surface area contributed by atoms with Crippen LogP contribution in [0.2, 0.25) is 0 Å². The SMILES string of the molecule is C=O.CCCCCS(=O)(=O)ON.Oc1ccccc1. The number of hydrogen-bond donors (Lipinski definition) is 2. The number of para-hydroxylation sites is 1. The van der Waals surface area contributed by atoms with Gasteiger partial charge in [-0.25, -0.2) is 0 Å². The van der Waals surface area contributed by atoms with Gasteiger partial charge in [-0.3, -0.25) is 0 Å². The van der Waals surface area contributed by atoms with E-state index in [0.29, 0.717) is 12.2 Å². The third-order valence-electron chi connectivity index (χ3n) is 1.90. The minimum atomic E-state index is -3.41. The molecule has 0 aliphatic rings. The van der Waals surface area contributed by atoms with Crippen LogP contribution >= 0.6 is 0 Å². The predicted octanol–water partition coefficient (Wildman–Crippen LogP) is 1.60. The van der Waals surface area contributed by atoms with Crippen LogP contribution in [0, 0.1) is 0 Å². The molecule has 7 heteroatoms. The number of benzene rings is 1. The second-order valence-corrected chi connectivity index (χ2v) is 5.12. The van der Waals surface area contributed by atoms with E-state index in [2.05, 4.69) is 10.2 Å². The second kappa shape index (κ2) is 13.0. The summed E-state index contributed by atoms with van der Waals surface area (Å²) in [5.74, 6) is 4.85. The van der Waals surface area contributed by atoms with Gasteiger partial charge in [0.2, 0.25) is 0 Å². The van der Waals surface area contributed by atoms with Crippen molar-refractivity contribution in [1.82, 2.24) is 0 Å². The van der Waals surface area contributed by atoms with E-state index in [0.717, 1.165) is 12.8 Å². The van der Waals surface area contributed by atoms with Gasteiger partial charge in [-0.2, -0.15) is 18.6 Å². The van der Waals surface area contributed by atoms with E-state index in [9.17, 15) is 8.42 Å². The quantitative estimate of drug-likeness (QED) is 0.630. The molecule has 1 rings (SSSR count). The van der Waals surface area contributed by atoms with E-state index < -0.39 is 10.1 Å². The summed E-state index contributed by atoms with van der Waals surface area (Å²) in [7, 11) is -3.41. The molecule has 0 heterocycles. The minimum absolute atomic E-state index is 0.0251. The Labute approximate surface area is 114 Å². The lowest BCUT2D eigenvalue weighted by Crippen LogP contribution is -2.14. The first kappa shape index (κ1) is 19.9. The molecule has 19 heavy (non-hydrogen) atoms. The van der Waals surface area contributed by atoms with Gasteiger partial charge in [0.05, 0.1) is 5.75 Å². The highest BCUT2D eigenvalue weighted by molar-refractivity contribution is 7.86. The van der Waals surface area contributed by atoms with Crippen molar-refractivity contribution >= 4 is 16.9 Å². The summed E-state index contributed by atoms with van der Waals surface area (Å²) >= 11 is 0. The fraction of sp³-hybridized carbons (Fsp3) is 0.417. The number of nitrogens with two attached hydrogens (primary N) is 1. The molecular formula is C12H21NO5S. The molecule has 0 atom stereocenters. The van der Waals surface area contributed by atoms with E-state index in [1.165, 1.54) is 0 Å². The average molecular weight is 291 g/mol. The molecule has 0 bridgehead atoms. The molecule has 0 spiro atoms. The normalized spacial score (nSPS) is 9.58. The zero-order chi connectivity index (χ0) is 15.1. The zero-order valence-corrected chi connectivity index (χ0v) is 11.8. The first-order chi connectivity index (χ1) is 9.02. The van der Waals surface area contributed by atoms with Crippen molar-refractivity contribution < 1.29 is 22.6 Å². The van der Waals surface area contributed by atoms with Gasteiger partial charge in [-0.05, 0) is 18.6 Å². The van der Waals surface area contributed by atoms with E-state index in [4.69, 9.17) is 9.90 Å². The third-order valence-corrected chi connectivity index (χ3v) is 2.98. The van der Waals surface area contributed by atoms with E-state index in [1.807, 2.05) is 19.8 Å². The Morgan fingerprint density at radius 2 is 1.74 bits per heavy atom. The van der Waals surface area contributed by atoms with Gasteiger partial charge in [-0.1, -0.05) is 38.0 Å². The van der Waals surface area contributed by atoms with Crippen LogP contribution in [0.1, 0.15) is 26.2 Å². The Kier molecular flexibility index (Phi) is 13.6. The maximum absolute atomic E-state index is 10.5. The van der Waals surface area contributed by atoms with Crippen LogP contribution in [-0.4, -0.2) is 26.1 Å². The van der Waals surface area contributed by atoms with Gasteiger partial charge in [-0.15, -0.1) is 0 Å². The fourth-order valence-corrected chi connectivity index (χ4v) is 1.66. The molecular weight excluding hydrogens is 270 g/mol. The molecule has 0 saturated carbocycles. The van der Waals surface area contributed by atoms with Crippen molar-refractivity contribution in [2.24, 2.45) is 5.90 Å². The van der Waals surface area contributed by atoms with Gasteiger partial charge in [0.25, 0.3) is 10.1 Å².